The molecule has 0 radical (unpaired) electrons. The SMILES string of the molecule is CCCc1nc(N)c(C)c(Nc2ccc(F)c(C)c2)n1. The van der Waals surface area contributed by atoms with Crippen molar-refractivity contribution in [2.75, 3.05) is 11.1 Å². The Balaban J connectivity index is 2.34. The maximum atomic E-state index is 13.3. The molecule has 106 valence electrons. The van der Waals surface area contributed by atoms with Gasteiger partial charge in [0.1, 0.15) is 23.3 Å². The van der Waals surface area contributed by atoms with E-state index in [1.54, 1.807) is 19.1 Å². The first-order valence-corrected chi connectivity index (χ1v) is 6.67. The zero-order valence-electron chi connectivity index (χ0n) is 12.0. The van der Waals surface area contributed by atoms with E-state index in [9.17, 15) is 4.39 Å². The molecule has 2 rings (SSSR count). The highest BCUT2D eigenvalue weighted by molar-refractivity contribution is 5.64. The van der Waals surface area contributed by atoms with Crippen molar-refractivity contribution in [3.63, 3.8) is 0 Å². The molecule has 20 heavy (non-hydrogen) atoms. The molecule has 0 unspecified atom stereocenters. The fourth-order valence-corrected chi connectivity index (χ4v) is 1.90. The van der Waals surface area contributed by atoms with Gasteiger partial charge in [-0.3, -0.25) is 0 Å². The first-order valence-electron chi connectivity index (χ1n) is 6.67. The Morgan fingerprint density at radius 2 is 2.00 bits per heavy atom. The number of aromatic nitrogens is 2. The van der Waals surface area contributed by atoms with Crippen LogP contribution in [0.1, 0.15) is 30.3 Å². The quantitative estimate of drug-likeness (QED) is 0.895. The predicted molar refractivity (Wildman–Crippen MR) is 79.6 cm³/mol. The van der Waals surface area contributed by atoms with Crippen LogP contribution in [0.3, 0.4) is 0 Å². The second-order valence-electron chi connectivity index (χ2n) is 4.84. The summed E-state index contributed by atoms with van der Waals surface area (Å²) in [6.45, 7) is 5.66. The van der Waals surface area contributed by atoms with Gasteiger partial charge in [-0.1, -0.05) is 6.92 Å². The molecule has 0 spiro atoms. The Morgan fingerprint density at radius 3 is 2.65 bits per heavy atom. The van der Waals surface area contributed by atoms with Gasteiger partial charge < -0.3 is 11.1 Å². The summed E-state index contributed by atoms with van der Waals surface area (Å²) in [6, 6.07) is 4.86. The largest absolute Gasteiger partial charge is 0.383 e. The van der Waals surface area contributed by atoms with Crippen LogP contribution in [0.25, 0.3) is 0 Å². The summed E-state index contributed by atoms with van der Waals surface area (Å²) in [5.74, 6) is 1.65. The number of aryl methyl sites for hydroxylation is 2. The molecule has 3 N–H and O–H groups in total. The molecule has 0 bridgehead atoms. The number of hydrogen-bond donors (Lipinski definition) is 2. The molecule has 1 aromatic carbocycles. The zero-order chi connectivity index (χ0) is 14.7. The van der Waals surface area contributed by atoms with Crippen molar-refractivity contribution in [3.8, 4) is 0 Å². The monoisotopic (exact) mass is 274 g/mol. The van der Waals surface area contributed by atoms with Gasteiger partial charge in [-0.2, -0.15) is 0 Å². The van der Waals surface area contributed by atoms with Crippen LogP contribution in [0.2, 0.25) is 0 Å². The number of anilines is 3. The predicted octanol–water partition coefficient (Wildman–Crippen LogP) is 3.51. The third-order valence-electron chi connectivity index (χ3n) is 3.12. The van der Waals surface area contributed by atoms with Crippen LogP contribution < -0.4 is 11.1 Å². The van der Waals surface area contributed by atoms with Crippen molar-refractivity contribution in [3.05, 3.63) is 41.0 Å². The first kappa shape index (κ1) is 14.2. The maximum absolute atomic E-state index is 13.3. The fourth-order valence-electron chi connectivity index (χ4n) is 1.90. The molecule has 1 aromatic heterocycles. The van der Waals surface area contributed by atoms with Crippen molar-refractivity contribution < 1.29 is 4.39 Å². The molecule has 0 atom stereocenters. The standard InChI is InChI=1S/C15H19FN4/c1-4-5-13-19-14(17)10(3)15(20-13)18-11-6-7-12(16)9(2)8-11/h6-8H,4-5H2,1-3H3,(H3,17,18,19,20). The topological polar surface area (TPSA) is 63.8 Å². The van der Waals surface area contributed by atoms with Crippen LogP contribution in [0.5, 0.6) is 0 Å². The second kappa shape index (κ2) is 5.86. The highest BCUT2D eigenvalue weighted by Crippen LogP contribution is 2.23. The lowest BCUT2D eigenvalue weighted by molar-refractivity contribution is 0.619. The van der Waals surface area contributed by atoms with E-state index in [0.29, 0.717) is 17.2 Å². The van der Waals surface area contributed by atoms with Gasteiger partial charge in [0.15, 0.2) is 0 Å². The number of halogens is 1. The van der Waals surface area contributed by atoms with Crippen molar-refractivity contribution in [1.82, 2.24) is 9.97 Å². The van der Waals surface area contributed by atoms with E-state index in [2.05, 4.69) is 22.2 Å². The number of nitrogens with zero attached hydrogens (tertiary/aromatic N) is 2. The third-order valence-corrected chi connectivity index (χ3v) is 3.12. The normalized spacial score (nSPS) is 10.6. The van der Waals surface area contributed by atoms with E-state index in [0.717, 1.165) is 29.9 Å². The van der Waals surface area contributed by atoms with Crippen LogP contribution in [-0.4, -0.2) is 9.97 Å². The Hall–Kier alpha value is -2.17. The van der Waals surface area contributed by atoms with Gasteiger partial charge >= 0.3 is 0 Å². The molecule has 0 aliphatic rings. The lowest BCUT2D eigenvalue weighted by atomic mass is 10.2. The van der Waals surface area contributed by atoms with Gasteiger partial charge in [0.2, 0.25) is 0 Å². The van der Waals surface area contributed by atoms with Gasteiger partial charge in [-0.05, 0) is 44.0 Å². The van der Waals surface area contributed by atoms with Crippen LogP contribution in [0.15, 0.2) is 18.2 Å². The lowest BCUT2D eigenvalue weighted by Gasteiger charge is -2.12. The van der Waals surface area contributed by atoms with Crippen LogP contribution in [0.4, 0.5) is 21.7 Å². The van der Waals surface area contributed by atoms with Gasteiger partial charge in [-0.25, -0.2) is 14.4 Å². The van der Waals surface area contributed by atoms with Crippen molar-refractivity contribution in [1.29, 1.82) is 0 Å². The molecule has 4 nitrogen and oxygen atoms in total. The number of rotatable bonds is 4. The second-order valence-corrected chi connectivity index (χ2v) is 4.84. The molecule has 2 aromatic rings. The summed E-state index contributed by atoms with van der Waals surface area (Å²) in [7, 11) is 0. The van der Waals surface area contributed by atoms with E-state index in [4.69, 9.17) is 5.73 Å². The Morgan fingerprint density at radius 1 is 1.25 bits per heavy atom. The van der Waals surface area contributed by atoms with E-state index < -0.39 is 0 Å². The lowest BCUT2D eigenvalue weighted by Crippen LogP contribution is -2.07. The van der Waals surface area contributed by atoms with Crippen LogP contribution in [-0.2, 0) is 6.42 Å². The number of nitrogens with two attached hydrogens (primary N) is 1. The van der Waals surface area contributed by atoms with Crippen molar-refractivity contribution in [2.24, 2.45) is 0 Å². The third kappa shape index (κ3) is 3.04. The minimum Gasteiger partial charge on any atom is -0.383 e. The van der Waals surface area contributed by atoms with Gasteiger partial charge in [0.25, 0.3) is 0 Å². The van der Waals surface area contributed by atoms with Gasteiger partial charge in [0, 0.05) is 17.7 Å². The Kier molecular flexibility index (Phi) is 4.17. The number of benzene rings is 1. The number of nitrogen functional groups attached to an aromatic ring is 1. The Bertz CT molecular complexity index is 626. The number of hydrogen-bond acceptors (Lipinski definition) is 4. The molecule has 5 heteroatoms. The average Bonchev–Trinajstić information content (AvgIpc) is 2.40. The van der Waals surface area contributed by atoms with Crippen LogP contribution in [0, 0.1) is 19.7 Å². The molecule has 1 heterocycles. The number of nitrogens with one attached hydrogen (secondary N) is 1. The zero-order valence-corrected chi connectivity index (χ0v) is 12.0. The molecule has 0 saturated carbocycles. The van der Waals surface area contributed by atoms with Crippen molar-refractivity contribution >= 4 is 17.3 Å². The maximum Gasteiger partial charge on any atom is 0.139 e. The minimum absolute atomic E-state index is 0.221. The smallest absolute Gasteiger partial charge is 0.139 e. The summed E-state index contributed by atoms with van der Waals surface area (Å²) in [4.78, 5) is 8.74. The Labute approximate surface area is 118 Å². The average molecular weight is 274 g/mol. The first-order chi connectivity index (χ1) is 9.51. The minimum atomic E-state index is -0.221. The van der Waals surface area contributed by atoms with Gasteiger partial charge in [0.05, 0.1) is 0 Å². The molecular weight excluding hydrogens is 255 g/mol. The van der Waals surface area contributed by atoms with E-state index >= 15 is 0 Å². The van der Waals surface area contributed by atoms with E-state index in [-0.39, 0.29) is 5.82 Å². The summed E-state index contributed by atoms with van der Waals surface area (Å²) < 4.78 is 13.3. The van der Waals surface area contributed by atoms with Crippen molar-refractivity contribution in [2.45, 2.75) is 33.6 Å². The fraction of sp³-hybridized carbons (Fsp3) is 0.333. The molecule has 0 fully saturated rings. The molecule has 0 aliphatic heterocycles. The molecule has 0 saturated heterocycles. The van der Waals surface area contributed by atoms with Gasteiger partial charge in [-0.15, -0.1) is 0 Å². The van der Waals surface area contributed by atoms with E-state index in [1.807, 2.05) is 6.92 Å². The molecular formula is C15H19FN4. The van der Waals surface area contributed by atoms with Crippen LogP contribution >= 0.6 is 0 Å². The summed E-state index contributed by atoms with van der Waals surface area (Å²) in [5, 5.41) is 3.18. The summed E-state index contributed by atoms with van der Waals surface area (Å²) >= 11 is 0. The van der Waals surface area contributed by atoms with E-state index in [1.165, 1.54) is 6.07 Å². The molecule has 0 amide bonds. The molecule has 0 aliphatic carbocycles. The summed E-state index contributed by atoms with van der Waals surface area (Å²) in [6.07, 6.45) is 1.74. The highest BCUT2D eigenvalue weighted by atomic mass is 19.1. The summed E-state index contributed by atoms with van der Waals surface area (Å²) in [5.41, 5.74) is 8.08. The highest BCUT2D eigenvalue weighted by Gasteiger charge is 2.09.